The van der Waals surface area contributed by atoms with Crippen LogP contribution in [0.15, 0.2) is 0 Å². The largest absolute Gasteiger partial charge is 0.338 e. The Morgan fingerprint density at radius 3 is 2.78 bits per heavy atom. The van der Waals surface area contributed by atoms with Gasteiger partial charge in [-0.3, -0.25) is 15.0 Å². The van der Waals surface area contributed by atoms with Gasteiger partial charge >= 0.3 is 6.03 Å². The number of nitrogens with zero attached hydrogens (tertiary/aromatic N) is 1. The molecule has 1 fully saturated rings. The summed E-state index contributed by atoms with van der Waals surface area (Å²) >= 11 is 0. The minimum atomic E-state index is -0.403. The van der Waals surface area contributed by atoms with Gasteiger partial charge < -0.3 is 10.6 Å². The first-order valence-electron chi connectivity index (χ1n) is 6.16. The summed E-state index contributed by atoms with van der Waals surface area (Å²) in [6.07, 6.45) is 0.858. The van der Waals surface area contributed by atoms with E-state index in [4.69, 9.17) is 0 Å². The highest BCUT2D eigenvalue weighted by Crippen LogP contribution is 2.00. The number of hydrogen-bond acceptors (Lipinski definition) is 4. The third-order valence-electron chi connectivity index (χ3n) is 2.77. The van der Waals surface area contributed by atoms with E-state index in [1.54, 1.807) is 0 Å². The summed E-state index contributed by atoms with van der Waals surface area (Å²) < 4.78 is 0. The molecule has 0 aromatic carbocycles. The van der Waals surface area contributed by atoms with Crippen LogP contribution in [-0.2, 0) is 4.79 Å². The molecule has 0 spiro atoms. The number of carbonyl (C=O) groups excluding carboxylic acids is 2. The number of halogens is 1. The van der Waals surface area contributed by atoms with Crippen molar-refractivity contribution >= 4 is 24.3 Å². The summed E-state index contributed by atoms with van der Waals surface area (Å²) in [6.45, 7) is 7.51. The monoisotopic (exact) mass is 278 g/mol. The van der Waals surface area contributed by atoms with E-state index in [-0.39, 0.29) is 24.9 Å². The van der Waals surface area contributed by atoms with E-state index in [1.807, 2.05) is 6.92 Å². The van der Waals surface area contributed by atoms with Crippen molar-refractivity contribution in [2.75, 3.05) is 32.7 Å². The van der Waals surface area contributed by atoms with E-state index in [1.165, 1.54) is 0 Å². The van der Waals surface area contributed by atoms with Crippen LogP contribution in [0.4, 0.5) is 4.79 Å². The zero-order valence-electron chi connectivity index (χ0n) is 11.0. The molecule has 0 saturated carbocycles. The van der Waals surface area contributed by atoms with E-state index in [0.717, 1.165) is 26.1 Å². The van der Waals surface area contributed by atoms with Crippen LogP contribution in [-0.4, -0.2) is 55.6 Å². The Bertz CT molecular complexity index is 276. The predicted molar refractivity (Wildman–Crippen MR) is 73.0 cm³/mol. The molecule has 3 amide bonds. The topological polar surface area (TPSA) is 73.5 Å². The molecule has 1 aliphatic rings. The molecule has 18 heavy (non-hydrogen) atoms. The SMILES string of the molecule is CCCNC(=O)NC(=O)CN1CCNC[C@H]1C.Cl. The van der Waals surface area contributed by atoms with Crippen molar-refractivity contribution in [3.05, 3.63) is 0 Å². The fraction of sp³-hybridized carbons (Fsp3) is 0.818. The lowest BCUT2D eigenvalue weighted by Gasteiger charge is -2.33. The first-order valence-corrected chi connectivity index (χ1v) is 6.16. The highest BCUT2D eigenvalue weighted by atomic mass is 35.5. The fourth-order valence-corrected chi connectivity index (χ4v) is 1.75. The maximum absolute atomic E-state index is 11.6. The summed E-state index contributed by atoms with van der Waals surface area (Å²) in [7, 11) is 0. The van der Waals surface area contributed by atoms with E-state index >= 15 is 0 Å². The molecule has 0 bridgehead atoms. The zero-order chi connectivity index (χ0) is 12.7. The lowest BCUT2D eigenvalue weighted by Crippen LogP contribution is -2.53. The average molecular weight is 279 g/mol. The highest BCUT2D eigenvalue weighted by Gasteiger charge is 2.20. The van der Waals surface area contributed by atoms with Gasteiger partial charge in [0.2, 0.25) is 5.91 Å². The van der Waals surface area contributed by atoms with Crippen molar-refractivity contribution in [3.63, 3.8) is 0 Å². The van der Waals surface area contributed by atoms with Gasteiger partial charge in [0.15, 0.2) is 0 Å². The standard InChI is InChI=1S/C11H22N4O2.ClH/c1-3-4-13-11(17)14-10(16)8-15-6-5-12-7-9(15)2;/h9,12H,3-8H2,1-2H3,(H2,13,14,16,17);1H/t9-;/m1./s1. The molecule has 1 heterocycles. The van der Waals surface area contributed by atoms with Crippen LogP contribution in [0.25, 0.3) is 0 Å². The van der Waals surface area contributed by atoms with Crippen LogP contribution >= 0.6 is 12.4 Å². The molecule has 3 N–H and O–H groups in total. The van der Waals surface area contributed by atoms with Crippen molar-refractivity contribution in [2.45, 2.75) is 26.3 Å². The number of amides is 3. The summed E-state index contributed by atoms with van der Waals surface area (Å²) in [6, 6.07) is -0.0761. The second-order valence-electron chi connectivity index (χ2n) is 4.33. The molecule has 1 aliphatic heterocycles. The van der Waals surface area contributed by atoms with Crippen molar-refractivity contribution in [1.82, 2.24) is 20.9 Å². The highest BCUT2D eigenvalue weighted by molar-refractivity contribution is 5.95. The number of nitrogens with one attached hydrogen (secondary N) is 3. The number of rotatable bonds is 4. The zero-order valence-corrected chi connectivity index (χ0v) is 11.8. The summed E-state index contributed by atoms with van der Waals surface area (Å²) in [4.78, 5) is 24.9. The van der Waals surface area contributed by atoms with E-state index in [0.29, 0.717) is 12.6 Å². The number of imide groups is 1. The molecule has 0 aromatic heterocycles. The summed E-state index contributed by atoms with van der Waals surface area (Å²) in [5.41, 5.74) is 0. The normalized spacial score (nSPS) is 19.8. The van der Waals surface area contributed by atoms with Crippen molar-refractivity contribution in [1.29, 1.82) is 0 Å². The van der Waals surface area contributed by atoms with Gasteiger partial charge in [-0.15, -0.1) is 12.4 Å². The molecular weight excluding hydrogens is 256 g/mol. The first kappa shape index (κ1) is 17.2. The molecular formula is C11H23ClN4O2. The molecule has 0 radical (unpaired) electrons. The Morgan fingerprint density at radius 2 is 2.17 bits per heavy atom. The van der Waals surface area contributed by atoms with Crippen LogP contribution in [0.3, 0.4) is 0 Å². The Kier molecular flexibility index (Phi) is 8.70. The van der Waals surface area contributed by atoms with Gasteiger partial charge in [0.05, 0.1) is 6.54 Å². The Hall–Kier alpha value is -0.850. The third kappa shape index (κ3) is 6.18. The Balaban J connectivity index is 0.00000289. The molecule has 1 rings (SSSR count). The number of piperazine rings is 1. The molecule has 1 atom stereocenters. The van der Waals surface area contributed by atoms with Crippen LogP contribution < -0.4 is 16.0 Å². The van der Waals surface area contributed by atoms with E-state index in [9.17, 15) is 9.59 Å². The van der Waals surface area contributed by atoms with Gasteiger partial charge in [-0.2, -0.15) is 0 Å². The quantitative estimate of drug-likeness (QED) is 0.674. The third-order valence-corrected chi connectivity index (χ3v) is 2.77. The molecule has 6 nitrogen and oxygen atoms in total. The maximum atomic E-state index is 11.6. The maximum Gasteiger partial charge on any atom is 0.321 e. The molecule has 1 saturated heterocycles. The number of carbonyl (C=O) groups is 2. The van der Waals surface area contributed by atoms with E-state index in [2.05, 4.69) is 27.8 Å². The van der Waals surface area contributed by atoms with Gasteiger partial charge in [-0.1, -0.05) is 6.92 Å². The van der Waals surface area contributed by atoms with E-state index < -0.39 is 6.03 Å². The van der Waals surface area contributed by atoms with Crippen LogP contribution in [0.5, 0.6) is 0 Å². The molecule has 0 aliphatic carbocycles. The second kappa shape index (κ2) is 9.13. The number of urea groups is 1. The predicted octanol–water partition coefficient (Wildman–Crippen LogP) is -0.0623. The second-order valence-corrected chi connectivity index (χ2v) is 4.33. The van der Waals surface area contributed by atoms with Gasteiger partial charge in [0, 0.05) is 32.2 Å². The average Bonchev–Trinajstić information content (AvgIpc) is 2.29. The first-order chi connectivity index (χ1) is 8.13. The summed E-state index contributed by atoms with van der Waals surface area (Å²) in [5, 5.41) is 8.20. The molecule has 0 aromatic rings. The lowest BCUT2D eigenvalue weighted by molar-refractivity contribution is -0.121. The molecule has 7 heteroatoms. The van der Waals surface area contributed by atoms with Crippen LogP contribution in [0, 0.1) is 0 Å². The van der Waals surface area contributed by atoms with Crippen molar-refractivity contribution < 1.29 is 9.59 Å². The summed E-state index contributed by atoms with van der Waals surface area (Å²) in [5.74, 6) is -0.243. The van der Waals surface area contributed by atoms with Gasteiger partial charge in [-0.05, 0) is 13.3 Å². The Labute approximate surface area is 114 Å². The minimum Gasteiger partial charge on any atom is -0.338 e. The smallest absolute Gasteiger partial charge is 0.321 e. The number of hydrogen-bond donors (Lipinski definition) is 3. The van der Waals surface area contributed by atoms with Gasteiger partial charge in [-0.25, -0.2) is 4.79 Å². The van der Waals surface area contributed by atoms with Gasteiger partial charge in [0.1, 0.15) is 0 Å². The van der Waals surface area contributed by atoms with Crippen LogP contribution in [0.2, 0.25) is 0 Å². The van der Waals surface area contributed by atoms with Gasteiger partial charge in [0.25, 0.3) is 0 Å². The lowest BCUT2D eigenvalue weighted by atomic mass is 10.2. The van der Waals surface area contributed by atoms with Crippen molar-refractivity contribution in [2.24, 2.45) is 0 Å². The minimum absolute atomic E-state index is 0. The van der Waals surface area contributed by atoms with Crippen LogP contribution in [0.1, 0.15) is 20.3 Å². The Morgan fingerprint density at radius 1 is 1.44 bits per heavy atom. The molecule has 106 valence electrons. The fourth-order valence-electron chi connectivity index (χ4n) is 1.75. The molecule has 0 unspecified atom stereocenters. The van der Waals surface area contributed by atoms with Crippen molar-refractivity contribution in [3.8, 4) is 0 Å².